The van der Waals surface area contributed by atoms with Crippen LogP contribution < -0.4 is 20.4 Å². The average molecular weight is 486 g/mol. The normalized spacial score (nSPS) is 16.5. The van der Waals surface area contributed by atoms with E-state index in [0.29, 0.717) is 43.0 Å². The monoisotopic (exact) mass is 485 g/mol. The fourth-order valence-electron chi connectivity index (χ4n) is 3.76. The van der Waals surface area contributed by atoms with Gasteiger partial charge in [-0.2, -0.15) is 0 Å². The molecule has 1 saturated heterocycles. The summed E-state index contributed by atoms with van der Waals surface area (Å²) in [5, 5.41) is 5.85. The molecular weight excluding hydrogens is 462 g/mol. The summed E-state index contributed by atoms with van der Waals surface area (Å²) in [6.45, 7) is 2.19. The Balaban J connectivity index is 1.60. The second kappa shape index (κ2) is 8.58. The SMILES string of the molecule is CN1CCN(c2ccc(Br)cc2NC(=O)c2ccc3c(c2)NC(=O)CCN3C)CC1=O. The van der Waals surface area contributed by atoms with Gasteiger partial charge < -0.3 is 25.3 Å². The number of piperazine rings is 1. The van der Waals surface area contributed by atoms with Crippen LogP contribution in [0.25, 0.3) is 0 Å². The van der Waals surface area contributed by atoms with Crippen LogP contribution in [0.1, 0.15) is 16.8 Å². The molecule has 0 atom stereocenters. The van der Waals surface area contributed by atoms with E-state index in [1.54, 1.807) is 24.1 Å². The molecule has 0 aromatic heterocycles. The molecule has 0 saturated carbocycles. The maximum absolute atomic E-state index is 13.1. The third-order valence-electron chi connectivity index (χ3n) is 5.62. The maximum atomic E-state index is 13.1. The average Bonchev–Trinajstić information content (AvgIpc) is 2.88. The number of rotatable bonds is 3. The van der Waals surface area contributed by atoms with E-state index in [1.165, 1.54) is 0 Å². The highest BCUT2D eigenvalue weighted by Gasteiger charge is 2.24. The third kappa shape index (κ3) is 4.51. The lowest BCUT2D eigenvalue weighted by Crippen LogP contribution is -2.48. The van der Waals surface area contributed by atoms with Crippen molar-refractivity contribution in [1.29, 1.82) is 0 Å². The first-order valence-electron chi connectivity index (χ1n) is 10.1. The van der Waals surface area contributed by atoms with Gasteiger partial charge in [-0.15, -0.1) is 0 Å². The minimum absolute atomic E-state index is 0.0389. The molecular formula is C22H24BrN5O3. The van der Waals surface area contributed by atoms with E-state index < -0.39 is 0 Å². The van der Waals surface area contributed by atoms with Crippen LogP contribution in [0, 0.1) is 0 Å². The molecule has 9 heteroatoms. The predicted octanol–water partition coefficient (Wildman–Crippen LogP) is 2.76. The highest BCUT2D eigenvalue weighted by Crippen LogP contribution is 2.32. The molecule has 2 aromatic rings. The first-order valence-corrected chi connectivity index (χ1v) is 10.9. The van der Waals surface area contributed by atoms with Crippen molar-refractivity contribution in [3.63, 3.8) is 0 Å². The number of nitrogens with one attached hydrogen (secondary N) is 2. The summed E-state index contributed by atoms with van der Waals surface area (Å²) >= 11 is 3.46. The Morgan fingerprint density at radius 1 is 1.00 bits per heavy atom. The Kier molecular flexibility index (Phi) is 5.86. The van der Waals surface area contributed by atoms with Crippen LogP contribution in [0.3, 0.4) is 0 Å². The fraction of sp³-hybridized carbons (Fsp3) is 0.318. The van der Waals surface area contributed by atoms with Gasteiger partial charge in [-0.3, -0.25) is 14.4 Å². The molecule has 4 rings (SSSR count). The van der Waals surface area contributed by atoms with E-state index in [2.05, 4.69) is 26.6 Å². The van der Waals surface area contributed by atoms with E-state index in [-0.39, 0.29) is 24.3 Å². The second-order valence-electron chi connectivity index (χ2n) is 7.80. The first kappa shape index (κ1) is 21.2. The van der Waals surface area contributed by atoms with Crippen LogP contribution in [0.5, 0.6) is 0 Å². The molecule has 0 bridgehead atoms. The lowest BCUT2D eigenvalue weighted by molar-refractivity contribution is -0.129. The van der Waals surface area contributed by atoms with Crippen LogP contribution >= 0.6 is 15.9 Å². The topological polar surface area (TPSA) is 85.0 Å². The standard InChI is InChI=1S/C22H24BrN5O3/c1-26-8-7-20(29)24-16-11-14(3-5-18(16)26)22(31)25-17-12-15(23)4-6-19(17)28-10-9-27(2)21(30)13-28/h3-6,11-12H,7-10,13H2,1-2H3,(H,24,29)(H,25,31). The van der Waals surface area contributed by atoms with Gasteiger partial charge in [-0.05, 0) is 36.4 Å². The molecule has 3 amide bonds. The Bertz CT molecular complexity index is 1060. The number of fused-ring (bicyclic) bond motifs is 1. The molecule has 2 aliphatic rings. The molecule has 2 heterocycles. The molecule has 1 fully saturated rings. The van der Waals surface area contributed by atoms with E-state index >= 15 is 0 Å². The van der Waals surface area contributed by atoms with Gasteiger partial charge in [0.2, 0.25) is 11.8 Å². The molecule has 0 spiro atoms. The Hall–Kier alpha value is -3.07. The second-order valence-corrected chi connectivity index (χ2v) is 8.72. The van der Waals surface area contributed by atoms with Crippen molar-refractivity contribution in [3.05, 3.63) is 46.4 Å². The molecule has 2 N–H and O–H groups in total. The number of likely N-dealkylation sites (N-methyl/N-ethyl adjacent to an activating group) is 1. The number of halogens is 1. The minimum Gasteiger partial charge on any atom is -0.372 e. The smallest absolute Gasteiger partial charge is 0.255 e. The lowest BCUT2D eigenvalue weighted by atomic mass is 10.1. The highest BCUT2D eigenvalue weighted by molar-refractivity contribution is 9.10. The summed E-state index contributed by atoms with van der Waals surface area (Å²) in [5.74, 6) is -0.321. The van der Waals surface area contributed by atoms with Gasteiger partial charge >= 0.3 is 0 Å². The zero-order valence-electron chi connectivity index (χ0n) is 17.4. The van der Waals surface area contributed by atoms with E-state index in [9.17, 15) is 14.4 Å². The van der Waals surface area contributed by atoms with Crippen molar-refractivity contribution in [2.45, 2.75) is 6.42 Å². The molecule has 2 aromatic carbocycles. The van der Waals surface area contributed by atoms with Gasteiger partial charge in [-0.1, -0.05) is 15.9 Å². The minimum atomic E-state index is -0.288. The number of hydrogen-bond acceptors (Lipinski definition) is 5. The fourth-order valence-corrected chi connectivity index (χ4v) is 4.12. The summed E-state index contributed by atoms with van der Waals surface area (Å²) < 4.78 is 0.822. The highest BCUT2D eigenvalue weighted by atomic mass is 79.9. The van der Waals surface area contributed by atoms with Crippen molar-refractivity contribution in [2.24, 2.45) is 0 Å². The van der Waals surface area contributed by atoms with Gasteiger partial charge in [0.25, 0.3) is 5.91 Å². The number of hydrogen-bond donors (Lipinski definition) is 2. The van der Waals surface area contributed by atoms with Crippen LogP contribution in [0.4, 0.5) is 22.7 Å². The van der Waals surface area contributed by atoms with Crippen molar-refractivity contribution < 1.29 is 14.4 Å². The maximum Gasteiger partial charge on any atom is 0.255 e. The van der Waals surface area contributed by atoms with E-state index in [0.717, 1.165) is 15.8 Å². The molecule has 0 radical (unpaired) electrons. The number of nitrogens with zero attached hydrogens (tertiary/aromatic N) is 3. The van der Waals surface area contributed by atoms with Crippen LogP contribution in [0.2, 0.25) is 0 Å². The van der Waals surface area contributed by atoms with Gasteiger partial charge in [0.05, 0.1) is 29.3 Å². The molecule has 0 aliphatic carbocycles. The largest absolute Gasteiger partial charge is 0.372 e. The van der Waals surface area contributed by atoms with Crippen molar-refractivity contribution in [3.8, 4) is 0 Å². The Labute approximate surface area is 189 Å². The number of amides is 3. The number of carbonyl (C=O) groups is 3. The number of anilines is 4. The zero-order valence-corrected chi connectivity index (χ0v) is 19.0. The molecule has 8 nitrogen and oxygen atoms in total. The number of carbonyl (C=O) groups excluding carboxylic acids is 3. The Morgan fingerprint density at radius 2 is 1.77 bits per heavy atom. The van der Waals surface area contributed by atoms with Crippen LogP contribution in [-0.4, -0.2) is 62.9 Å². The van der Waals surface area contributed by atoms with Gasteiger partial charge in [0, 0.05) is 50.2 Å². The van der Waals surface area contributed by atoms with Crippen LogP contribution in [-0.2, 0) is 9.59 Å². The quantitative estimate of drug-likeness (QED) is 0.697. The molecule has 162 valence electrons. The first-order chi connectivity index (χ1) is 14.8. The summed E-state index contributed by atoms with van der Waals surface area (Å²) in [7, 11) is 3.71. The van der Waals surface area contributed by atoms with Crippen molar-refractivity contribution in [2.75, 3.05) is 60.7 Å². The molecule has 31 heavy (non-hydrogen) atoms. The van der Waals surface area contributed by atoms with Gasteiger partial charge in [0.1, 0.15) is 0 Å². The van der Waals surface area contributed by atoms with Crippen molar-refractivity contribution in [1.82, 2.24) is 4.90 Å². The summed E-state index contributed by atoms with van der Waals surface area (Å²) in [6, 6.07) is 10.9. The Morgan fingerprint density at radius 3 is 2.55 bits per heavy atom. The van der Waals surface area contributed by atoms with Crippen LogP contribution in [0.15, 0.2) is 40.9 Å². The van der Waals surface area contributed by atoms with E-state index in [4.69, 9.17) is 0 Å². The predicted molar refractivity (Wildman–Crippen MR) is 125 cm³/mol. The lowest BCUT2D eigenvalue weighted by Gasteiger charge is -2.34. The summed E-state index contributed by atoms with van der Waals surface area (Å²) in [5.41, 5.74) is 3.35. The summed E-state index contributed by atoms with van der Waals surface area (Å²) in [6.07, 6.45) is 0.401. The van der Waals surface area contributed by atoms with Gasteiger partial charge in [-0.25, -0.2) is 0 Å². The number of benzene rings is 2. The molecule has 0 unspecified atom stereocenters. The zero-order chi connectivity index (χ0) is 22.1. The van der Waals surface area contributed by atoms with Gasteiger partial charge in [0.15, 0.2) is 0 Å². The molecule has 2 aliphatic heterocycles. The van der Waals surface area contributed by atoms with Crippen molar-refractivity contribution >= 4 is 56.4 Å². The summed E-state index contributed by atoms with van der Waals surface area (Å²) in [4.78, 5) is 42.9. The van der Waals surface area contributed by atoms with E-state index in [1.807, 2.05) is 41.1 Å². The third-order valence-corrected chi connectivity index (χ3v) is 6.12.